The predicted molar refractivity (Wildman–Crippen MR) is 175 cm³/mol. The maximum Gasteiger partial charge on any atom is 0.417 e. The summed E-state index contributed by atoms with van der Waals surface area (Å²) in [7, 11) is 1.59. The zero-order valence-electron chi connectivity index (χ0n) is 27.2. The van der Waals surface area contributed by atoms with Crippen LogP contribution in [-0.4, -0.2) is 67.0 Å². The Morgan fingerprint density at radius 1 is 1.14 bits per heavy atom. The Hall–Kier alpha value is -5.08. The molecule has 3 aromatic heterocycles. The molecule has 5 aromatic rings. The first kappa shape index (κ1) is 33.4. The van der Waals surface area contributed by atoms with Gasteiger partial charge in [-0.2, -0.15) is 13.2 Å². The molecule has 0 bridgehead atoms. The third-order valence-corrected chi connectivity index (χ3v) is 9.38. The molecule has 2 N–H and O–H groups in total. The smallest absolute Gasteiger partial charge is 0.417 e. The van der Waals surface area contributed by atoms with Crippen molar-refractivity contribution in [1.29, 1.82) is 0 Å². The van der Waals surface area contributed by atoms with Crippen molar-refractivity contribution < 1.29 is 41.4 Å². The average Bonchev–Trinajstić information content (AvgIpc) is 3.57. The number of carbonyl (C=O) groups is 2. The van der Waals surface area contributed by atoms with Crippen LogP contribution >= 0.6 is 0 Å². The number of alkyl halides is 3. The number of likely N-dealkylation sites (tertiary alicyclic amines) is 1. The lowest BCUT2D eigenvalue weighted by atomic mass is 9.88. The Labute approximate surface area is 282 Å². The highest BCUT2D eigenvalue weighted by molar-refractivity contribution is 6.10. The van der Waals surface area contributed by atoms with E-state index in [2.05, 4.69) is 10.3 Å². The van der Waals surface area contributed by atoms with Gasteiger partial charge in [0.1, 0.15) is 22.8 Å². The number of hydrogen-bond acceptors (Lipinski definition) is 6. The highest BCUT2D eigenvalue weighted by atomic mass is 19.4. The van der Waals surface area contributed by atoms with E-state index in [0.29, 0.717) is 17.6 Å². The molecule has 14 heteroatoms. The molecule has 0 aliphatic carbocycles. The maximum atomic E-state index is 15.3. The summed E-state index contributed by atoms with van der Waals surface area (Å²) in [6.45, 7) is 4.48. The van der Waals surface area contributed by atoms with Gasteiger partial charge in [-0.25, -0.2) is 13.8 Å². The highest BCUT2D eigenvalue weighted by Crippen LogP contribution is 2.48. The number of pyridine rings is 1. The van der Waals surface area contributed by atoms with Crippen LogP contribution in [0, 0.1) is 11.6 Å². The minimum atomic E-state index is -4.76. The normalized spacial score (nSPS) is 16.6. The van der Waals surface area contributed by atoms with Gasteiger partial charge in [0.05, 0.1) is 40.8 Å². The van der Waals surface area contributed by atoms with E-state index in [9.17, 15) is 27.9 Å². The van der Waals surface area contributed by atoms with Gasteiger partial charge in [0.15, 0.2) is 5.75 Å². The first-order valence-corrected chi connectivity index (χ1v) is 15.9. The topological polar surface area (TPSA) is 101 Å². The van der Waals surface area contributed by atoms with Gasteiger partial charge < -0.3 is 24.1 Å². The first-order valence-electron chi connectivity index (χ1n) is 15.9. The van der Waals surface area contributed by atoms with Crippen LogP contribution in [0.2, 0.25) is 0 Å². The minimum absolute atomic E-state index is 0.0221. The Morgan fingerprint density at radius 2 is 1.88 bits per heavy atom. The lowest BCUT2D eigenvalue weighted by molar-refractivity contribution is -0.137. The average molecular weight is 694 g/mol. The molecule has 1 fully saturated rings. The van der Waals surface area contributed by atoms with Crippen LogP contribution in [0.5, 0.6) is 5.75 Å². The number of aliphatic hydroxyl groups is 1. The number of amides is 1. The third kappa shape index (κ3) is 5.71. The van der Waals surface area contributed by atoms with Gasteiger partial charge in [0, 0.05) is 61.6 Å². The summed E-state index contributed by atoms with van der Waals surface area (Å²) >= 11 is 0. The van der Waals surface area contributed by atoms with Gasteiger partial charge in [-0.15, -0.1) is 0 Å². The molecule has 7 rings (SSSR count). The number of benzene rings is 2. The fourth-order valence-corrected chi connectivity index (χ4v) is 6.93. The van der Waals surface area contributed by atoms with Crippen LogP contribution in [0.4, 0.5) is 27.6 Å². The van der Waals surface area contributed by atoms with Gasteiger partial charge >= 0.3 is 6.18 Å². The summed E-state index contributed by atoms with van der Waals surface area (Å²) in [6, 6.07) is 7.03. The van der Waals surface area contributed by atoms with Crippen LogP contribution in [0.3, 0.4) is 0 Å². The van der Waals surface area contributed by atoms with Crippen LogP contribution in [0.25, 0.3) is 27.7 Å². The number of anilines is 1. The number of ketones is 1. The monoisotopic (exact) mass is 693 g/mol. The summed E-state index contributed by atoms with van der Waals surface area (Å²) in [5, 5.41) is 12.4. The van der Waals surface area contributed by atoms with Crippen molar-refractivity contribution in [3.05, 3.63) is 95.1 Å². The van der Waals surface area contributed by atoms with E-state index in [4.69, 9.17) is 4.74 Å². The second-order valence-corrected chi connectivity index (χ2v) is 13.1. The minimum Gasteiger partial charge on any atom is -0.490 e. The van der Waals surface area contributed by atoms with Crippen LogP contribution < -0.4 is 10.1 Å². The number of hydrogen-bond donors (Lipinski definition) is 2. The molecular weight excluding hydrogens is 661 g/mol. The first-order chi connectivity index (χ1) is 23.6. The second kappa shape index (κ2) is 12.1. The molecular formula is C36H32F5N5O4. The molecule has 1 saturated heterocycles. The number of aromatic nitrogens is 3. The molecule has 2 aromatic carbocycles. The van der Waals surface area contributed by atoms with E-state index in [-0.39, 0.29) is 58.2 Å². The van der Waals surface area contributed by atoms with Crippen molar-refractivity contribution in [2.24, 2.45) is 7.05 Å². The Bertz CT molecular complexity index is 2210. The van der Waals surface area contributed by atoms with Crippen molar-refractivity contribution in [3.63, 3.8) is 0 Å². The summed E-state index contributed by atoms with van der Waals surface area (Å²) < 4.78 is 83.1. The van der Waals surface area contributed by atoms with Crippen molar-refractivity contribution in [2.45, 2.75) is 44.5 Å². The maximum absolute atomic E-state index is 15.3. The number of rotatable bonds is 7. The van der Waals surface area contributed by atoms with Crippen LogP contribution in [0.15, 0.2) is 61.1 Å². The fourth-order valence-electron chi connectivity index (χ4n) is 6.93. The van der Waals surface area contributed by atoms with Gasteiger partial charge in [-0.1, -0.05) is 12.1 Å². The molecule has 0 spiro atoms. The van der Waals surface area contributed by atoms with E-state index in [1.54, 1.807) is 20.9 Å². The van der Waals surface area contributed by atoms with Crippen LogP contribution in [0.1, 0.15) is 47.4 Å². The quantitative estimate of drug-likeness (QED) is 0.118. The molecule has 0 saturated carbocycles. The Balaban J connectivity index is 1.21. The number of fused-ring (bicyclic) bond motifs is 4. The van der Waals surface area contributed by atoms with E-state index < -0.39 is 46.4 Å². The summed E-state index contributed by atoms with van der Waals surface area (Å²) in [5.74, 6) is -3.97. The van der Waals surface area contributed by atoms with Crippen molar-refractivity contribution in [3.8, 4) is 16.9 Å². The van der Waals surface area contributed by atoms with Crippen molar-refractivity contribution in [1.82, 2.24) is 18.9 Å². The van der Waals surface area contributed by atoms with Gasteiger partial charge in [-0.05, 0) is 56.2 Å². The predicted octanol–water partition coefficient (Wildman–Crippen LogP) is 6.30. The number of nitrogens with zero attached hydrogens (tertiary/aromatic N) is 4. The molecule has 1 amide bonds. The summed E-state index contributed by atoms with van der Waals surface area (Å²) in [5.41, 5.74) is -1.71. The molecule has 0 radical (unpaired) electrons. The highest BCUT2D eigenvalue weighted by Gasteiger charge is 2.39. The summed E-state index contributed by atoms with van der Waals surface area (Å²) in [4.78, 5) is 32.6. The van der Waals surface area contributed by atoms with Gasteiger partial charge in [0.2, 0.25) is 11.7 Å². The lowest BCUT2D eigenvalue weighted by Gasteiger charge is -2.46. The number of aryl methyl sites for hydroxylation is 1. The second-order valence-electron chi connectivity index (χ2n) is 13.1. The fraction of sp³-hybridized carbons (Fsp3) is 0.306. The Morgan fingerprint density at radius 3 is 2.54 bits per heavy atom. The molecule has 260 valence electrons. The molecule has 1 atom stereocenters. The number of imidazole rings is 1. The van der Waals surface area contributed by atoms with E-state index >= 15 is 8.78 Å². The van der Waals surface area contributed by atoms with E-state index in [1.165, 1.54) is 45.8 Å². The van der Waals surface area contributed by atoms with Gasteiger partial charge in [-0.3, -0.25) is 14.5 Å². The Kier molecular flexibility index (Phi) is 8.06. The number of nitrogens with one attached hydrogen (secondary N) is 1. The number of halogens is 5. The molecule has 2 aliphatic rings. The zero-order valence-corrected chi connectivity index (χ0v) is 27.2. The molecule has 5 heterocycles. The third-order valence-electron chi connectivity index (χ3n) is 9.38. The molecule has 50 heavy (non-hydrogen) atoms. The van der Waals surface area contributed by atoms with Crippen molar-refractivity contribution >= 4 is 33.9 Å². The summed E-state index contributed by atoms with van der Waals surface area (Å²) in [6.07, 6.45) is 1.84. The lowest BCUT2D eigenvalue weighted by Crippen LogP contribution is -2.58. The largest absolute Gasteiger partial charge is 0.490 e. The number of ether oxygens (including phenoxy) is 1. The SMILES string of the molecule is Cn1cnc2c3c(c(C(F)(F)F)cc21)-c1cccn2c(C(=O)c4cc(F)c(NC(=O)/C=C/CN5CC[C@H]5C(C)(C)O)c(F)c4)cc(c12)CCO3. The molecule has 0 unspecified atom stereocenters. The van der Waals surface area contributed by atoms with Gasteiger partial charge in [0.25, 0.3) is 0 Å². The van der Waals surface area contributed by atoms with Crippen LogP contribution in [-0.2, 0) is 24.4 Å². The number of carbonyl (C=O) groups excluding carboxylic acids is 2. The van der Waals surface area contributed by atoms with E-state index in [1.807, 2.05) is 4.90 Å². The van der Waals surface area contributed by atoms with Crippen molar-refractivity contribution in [2.75, 3.05) is 25.0 Å². The standard InChI is InChI=1S/C36H32F5N5O4/c1-35(2,49)27-8-12-45(27)10-5-7-28(47)43-30-23(37)14-20(15-24(30)38)33(48)26-16-19-9-13-50-34-29(21-6-4-11-46(26)32(19)21)22(36(39,40)41)17-25-31(34)42-18-44(25)3/h4-7,11,14-18,27,49H,8-10,12-13H2,1-3H3,(H,43,47)/b7-5+/t27-/m0/s1. The zero-order chi connectivity index (χ0) is 35.7. The molecule has 2 aliphatic heterocycles. The molecule has 9 nitrogen and oxygen atoms in total. The van der Waals surface area contributed by atoms with E-state index in [0.717, 1.165) is 37.2 Å².